The number of anilines is 1. The standard InChI is InChI=1S/C9H14N4.ClH/c1-10-9-12-6-4-8(13-9)7-3-2-5-11-7;/h4,6-7,11H,2-3,5H2,1H3,(H,10,12,13);1H/t7-;/m1./s1. The summed E-state index contributed by atoms with van der Waals surface area (Å²) in [6, 6.07) is 2.40. The van der Waals surface area contributed by atoms with Crippen LogP contribution in [0.15, 0.2) is 12.3 Å². The summed E-state index contributed by atoms with van der Waals surface area (Å²) in [5, 5.41) is 6.35. The van der Waals surface area contributed by atoms with Gasteiger partial charge in [-0.25, -0.2) is 9.97 Å². The predicted octanol–water partition coefficient (Wildman–Crippen LogP) is 1.36. The van der Waals surface area contributed by atoms with Gasteiger partial charge in [0, 0.05) is 19.3 Å². The molecule has 1 aromatic rings. The summed E-state index contributed by atoms with van der Waals surface area (Å²) in [5.74, 6) is 0.700. The van der Waals surface area contributed by atoms with Gasteiger partial charge in [0.15, 0.2) is 0 Å². The third-order valence-electron chi connectivity index (χ3n) is 2.32. The predicted molar refractivity (Wildman–Crippen MR) is 58.8 cm³/mol. The first kappa shape index (κ1) is 11.2. The van der Waals surface area contributed by atoms with Crippen LogP contribution >= 0.6 is 12.4 Å². The molecule has 5 heteroatoms. The molecule has 2 heterocycles. The van der Waals surface area contributed by atoms with Crippen LogP contribution in [0.4, 0.5) is 5.95 Å². The number of hydrogen-bond acceptors (Lipinski definition) is 4. The SMILES string of the molecule is CNc1nccc([C@H]2CCCN2)n1.Cl. The average Bonchev–Trinajstić information content (AvgIpc) is 2.71. The van der Waals surface area contributed by atoms with Crippen LogP contribution in [0, 0.1) is 0 Å². The van der Waals surface area contributed by atoms with E-state index < -0.39 is 0 Å². The Morgan fingerprint density at radius 3 is 3.07 bits per heavy atom. The Morgan fingerprint density at radius 2 is 2.43 bits per heavy atom. The van der Waals surface area contributed by atoms with E-state index in [0.717, 1.165) is 12.2 Å². The van der Waals surface area contributed by atoms with Crippen LogP contribution in [-0.2, 0) is 0 Å². The lowest BCUT2D eigenvalue weighted by Crippen LogP contribution is -2.15. The molecule has 0 amide bonds. The van der Waals surface area contributed by atoms with Crippen LogP contribution in [-0.4, -0.2) is 23.6 Å². The van der Waals surface area contributed by atoms with Crippen LogP contribution in [0.2, 0.25) is 0 Å². The monoisotopic (exact) mass is 214 g/mol. The molecule has 0 saturated carbocycles. The second-order valence-electron chi connectivity index (χ2n) is 3.20. The molecule has 1 aliphatic heterocycles. The van der Waals surface area contributed by atoms with E-state index in [1.165, 1.54) is 12.8 Å². The van der Waals surface area contributed by atoms with Crippen molar-refractivity contribution in [3.63, 3.8) is 0 Å². The van der Waals surface area contributed by atoms with Gasteiger partial charge in [-0.05, 0) is 25.5 Å². The average molecular weight is 215 g/mol. The minimum Gasteiger partial charge on any atom is -0.357 e. The van der Waals surface area contributed by atoms with Crippen molar-refractivity contribution in [3.05, 3.63) is 18.0 Å². The molecular formula is C9H15ClN4. The van der Waals surface area contributed by atoms with Crippen molar-refractivity contribution in [3.8, 4) is 0 Å². The van der Waals surface area contributed by atoms with Crippen molar-refractivity contribution in [1.82, 2.24) is 15.3 Å². The lowest BCUT2D eigenvalue weighted by molar-refractivity contribution is 0.626. The molecule has 4 nitrogen and oxygen atoms in total. The Labute approximate surface area is 89.9 Å². The van der Waals surface area contributed by atoms with Gasteiger partial charge in [0.05, 0.1) is 5.69 Å². The number of rotatable bonds is 2. The van der Waals surface area contributed by atoms with Gasteiger partial charge in [0.25, 0.3) is 0 Å². The van der Waals surface area contributed by atoms with Gasteiger partial charge >= 0.3 is 0 Å². The molecular weight excluding hydrogens is 200 g/mol. The molecule has 14 heavy (non-hydrogen) atoms. The molecule has 0 aliphatic carbocycles. The molecule has 1 aliphatic rings. The topological polar surface area (TPSA) is 49.8 Å². The summed E-state index contributed by atoms with van der Waals surface area (Å²) in [7, 11) is 1.83. The first-order valence-electron chi connectivity index (χ1n) is 4.64. The van der Waals surface area contributed by atoms with Gasteiger partial charge in [-0.15, -0.1) is 12.4 Å². The fourth-order valence-corrected chi connectivity index (χ4v) is 1.62. The maximum absolute atomic E-state index is 4.39. The van der Waals surface area contributed by atoms with Crippen molar-refractivity contribution in [2.45, 2.75) is 18.9 Å². The van der Waals surface area contributed by atoms with E-state index in [1.807, 2.05) is 13.1 Å². The van der Waals surface area contributed by atoms with Gasteiger partial charge < -0.3 is 10.6 Å². The Kier molecular flexibility index (Phi) is 4.10. The fourth-order valence-electron chi connectivity index (χ4n) is 1.62. The van der Waals surface area contributed by atoms with Crippen molar-refractivity contribution in [2.75, 3.05) is 18.9 Å². The molecule has 1 saturated heterocycles. The van der Waals surface area contributed by atoms with Crippen LogP contribution < -0.4 is 10.6 Å². The minimum absolute atomic E-state index is 0. The van der Waals surface area contributed by atoms with E-state index in [-0.39, 0.29) is 12.4 Å². The molecule has 2 N–H and O–H groups in total. The zero-order valence-electron chi connectivity index (χ0n) is 8.16. The summed E-state index contributed by atoms with van der Waals surface area (Å²) >= 11 is 0. The number of hydrogen-bond donors (Lipinski definition) is 2. The summed E-state index contributed by atoms with van der Waals surface area (Å²) < 4.78 is 0. The first-order valence-corrected chi connectivity index (χ1v) is 4.64. The molecule has 1 aromatic heterocycles. The van der Waals surface area contributed by atoms with Crippen LogP contribution in [0.3, 0.4) is 0 Å². The maximum atomic E-state index is 4.39. The summed E-state index contributed by atoms with van der Waals surface area (Å²) in [6.45, 7) is 1.10. The Balaban J connectivity index is 0.000000980. The second-order valence-corrected chi connectivity index (χ2v) is 3.20. The van der Waals surface area contributed by atoms with E-state index in [4.69, 9.17) is 0 Å². The van der Waals surface area contributed by atoms with Gasteiger partial charge in [-0.3, -0.25) is 0 Å². The minimum atomic E-state index is 0. The molecule has 0 unspecified atom stereocenters. The summed E-state index contributed by atoms with van der Waals surface area (Å²) in [6.07, 6.45) is 4.22. The summed E-state index contributed by atoms with van der Waals surface area (Å²) in [4.78, 5) is 8.47. The van der Waals surface area contributed by atoms with Gasteiger partial charge in [0.1, 0.15) is 0 Å². The van der Waals surface area contributed by atoms with Crippen molar-refractivity contribution in [2.24, 2.45) is 0 Å². The lowest BCUT2D eigenvalue weighted by Gasteiger charge is -2.09. The highest BCUT2D eigenvalue weighted by atomic mass is 35.5. The van der Waals surface area contributed by atoms with E-state index in [2.05, 4.69) is 20.6 Å². The molecule has 2 rings (SSSR count). The third-order valence-corrected chi connectivity index (χ3v) is 2.32. The molecule has 0 aromatic carbocycles. The van der Waals surface area contributed by atoms with E-state index in [9.17, 15) is 0 Å². The van der Waals surface area contributed by atoms with Gasteiger partial charge in [-0.2, -0.15) is 0 Å². The molecule has 78 valence electrons. The van der Waals surface area contributed by atoms with Crippen LogP contribution in [0.1, 0.15) is 24.6 Å². The van der Waals surface area contributed by atoms with Crippen LogP contribution in [0.5, 0.6) is 0 Å². The number of halogens is 1. The molecule has 1 fully saturated rings. The highest BCUT2D eigenvalue weighted by Gasteiger charge is 2.17. The van der Waals surface area contributed by atoms with E-state index in [0.29, 0.717) is 12.0 Å². The molecule has 0 radical (unpaired) electrons. The Hall–Kier alpha value is -0.870. The number of nitrogens with zero attached hydrogens (tertiary/aromatic N) is 2. The smallest absolute Gasteiger partial charge is 0.222 e. The first-order chi connectivity index (χ1) is 6.40. The number of nitrogens with one attached hydrogen (secondary N) is 2. The van der Waals surface area contributed by atoms with E-state index >= 15 is 0 Å². The third kappa shape index (κ3) is 2.33. The highest BCUT2D eigenvalue weighted by Crippen LogP contribution is 2.21. The van der Waals surface area contributed by atoms with Crippen molar-refractivity contribution >= 4 is 18.4 Å². The largest absolute Gasteiger partial charge is 0.357 e. The maximum Gasteiger partial charge on any atom is 0.222 e. The fraction of sp³-hybridized carbons (Fsp3) is 0.556. The zero-order valence-corrected chi connectivity index (χ0v) is 8.97. The molecule has 1 atom stereocenters. The molecule has 0 spiro atoms. The van der Waals surface area contributed by atoms with Crippen molar-refractivity contribution in [1.29, 1.82) is 0 Å². The van der Waals surface area contributed by atoms with E-state index in [1.54, 1.807) is 6.20 Å². The normalized spacial score (nSPS) is 20.2. The lowest BCUT2D eigenvalue weighted by atomic mass is 10.1. The second kappa shape index (κ2) is 5.12. The molecule has 0 bridgehead atoms. The van der Waals surface area contributed by atoms with Gasteiger partial charge in [0.2, 0.25) is 5.95 Å². The number of aromatic nitrogens is 2. The Bertz CT molecular complexity index is 286. The quantitative estimate of drug-likeness (QED) is 0.781. The Morgan fingerprint density at radius 1 is 1.57 bits per heavy atom. The summed E-state index contributed by atoms with van der Waals surface area (Å²) in [5.41, 5.74) is 1.09. The van der Waals surface area contributed by atoms with Gasteiger partial charge in [-0.1, -0.05) is 0 Å². The zero-order chi connectivity index (χ0) is 9.10. The van der Waals surface area contributed by atoms with Crippen LogP contribution in [0.25, 0.3) is 0 Å². The van der Waals surface area contributed by atoms with Crippen molar-refractivity contribution < 1.29 is 0 Å². The highest BCUT2D eigenvalue weighted by molar-refractivity contribution is 5.85.